The van der Waals surface area contributed by atoms with Gasteiger partial charge in [-0.25, -0.2) is 0 Å². The quantitative estimate of drug-likeness (QED) is 0.583. The van der Waals surface area contributed by atoms with Gasteiger partial charge in [0.25, 0.3) is 0 Å². The van der Waals surface area contributed by atoms with Crippen molar-refractivity contribution in [3.05, 3.63) is 34.9 Å². The van der Waals surface area contributed by atoms with Crippen LogP contribution in [0.2, 0.25) is 0 Å². The zero-order valence-corrected chi connectivity index (χ0v) is 10.8. The Hall–Kier alpha value is -0.0336. The zero-order chi connectivity index (χ0) is 9.14. The van der Waals surface area contributed by atoms with Gasteiger partial charge in [0.1, 0.15) is 0 Å². The Kier molecular flexibility index (Phi) is 5.63. The molecule has 1 aromatic rings. The summed E-state index contributed by atoms with van der Waals surface area (Å²) in [6.07, 6.45) is 0. The molecule has 0 aliphatic rings. The molecule has 0 heterocycles. The number of aryl methyl sites for hydroxylation is 2. The van der Waals surface area contributed by atoms with Gasteiger partial charge in [-0.3, -0.25) is 4.21 Å². The molecule has 0 saturated heterocycles. The molecular formula is C9H10O2OsS-. The van der Waals surface area contributed by atoms with Gasteiger partial charge in [-0.2, -0.15) is 34.9 Å². The third-order valence-electron chi connectivity index (χ3n) is 1.75. The van der Waals surface area contributed by atoms with Crippen molar-refractivity contribution in [2.24, 2.45) is 0 Å². The van der Waals surface area contributed by atoms with Crippen LogP contribution < -0.4 is 0 Å². The molecule has 0 aliphatic heterocycles. The standard InChI is InChI=1S/C9H11O2S.Os/c1-7-3-4-9(5-8(7)2)6-12(10)11;/h3-4H,6H2,1-2H3,(H,10,11);/q-1;+1/p-1. The van der Waals surface area contributed by atoms with E-state index in [0.717, 1.165) is 16.7 Å². The average molecular weight is 372 g/mol. The molecule has 0 aliphatic carbocycles. The van der Waals surface area contributed by atoms with Crippen LogP contribution in [0, 0.1) is 19.9 Å². The first-order valence-electron chi connectivity index (χ1n) is 3.64. The molecule has 0 fully saturated rings. The van der Waals surface area contributed by atoms with E-state index in [4.69, 9.17) is 0 Å². The summed E-state index contributed by atoms with van der Waals surface area (Å²) < 4.78 is 20.7. The van der Waals surface area contributed by atoms with Crippen LogP contribution in [0.15, 0.2) is 12.1 Å². The third-order valence-corrected chi connectivity index (χ3v) is 2.29. The molecule has 1 atom stereocenters. The van der Waals surface area contributed by atoms with Gasteiger partial charge >= 0.3 is 19.8 Å². The van der Waals surface area contributed by atoms with Gasteiger partial charge < -0.3 is 4.55 Å². The van der Waals surface area contributed by atoms with Crippen LogP contribution in [0.4, 0.5) is 0 Å². The van der Waals surface area contributed by atoms with E-state index in [1.807, 2.05) is 19.9 Å². The second-order valence-electron chi connectivity index (χ2n) is 2.74. The van der Waals surface area contributed by atoms with Crippen LogP contribution in [-0.2, 0) is 36.6 Å². The van der Waals surface area contributed by atoms with E-state index in [0.29, 0.717) is 0 Å². The Morgan fingerprint density at radius 1 is 1.46 bits per heavy atom. The Morgan fingerprint density at radius 3 is 2.54 bits per heavy atom. The van der Waals surface area contributed by atoms with E-state index in [2.05, 4.69) is 6.07 Å². The molecule has 0 amide bonds. The number of hydrogen-bond donors (Lipinski definition) is 0. The van der Waals surface area contributed by atoms with E-state index >= 15 is 0 Å². The van der Waals surface area contributed by atoms with Crippen LogP contribution in [-0.4, -0.2) is 8.76 Å². The Balaban J connectivity index is 0.00000144. The van der Waals surface area contributed by atoms with Gasteiger partial charge in [0.05, 0.1) is 0 Å². The molecule has 4 heteroatoms. The molecule has 0 aromatic heterocycles. The molecule has 1 radical (unpaired) electrons. The molecule has 0 bridgehead atoms. The predicted molar refractivity (Wildman–Crippen MR) is 47.4 cm³/mol. The van der Waals surface area contributed by atoms with Crippen molar-refractivity contribution >= 4 is 11.1 Å². The van der Waals surface area contributed by atoms with E-state index in [-0.39, 0.29) is 25.5 Å². The third kappa shape index (κ3) is 4.13. The maximum Gasteiger partial charge on any atom is 1.00 e. The summed E-state index contributed by atoms with van der Waals surface area (Å²) in [4.78, 5) is 0. The maximum absolute atomic E-state index is 10.3. The van der Waals surface area contributed by atoms with Gasteiger partial charge in [-0.05, 0) is 0 Å². The number of benzene rings is 1. The van der Waals surface area contributed by atoms with Gasteiger partial charge in [0, 0.05) is 5.75 Å². The van der Waals surface area contributed by atoms with Crippen molar-refractivity contribution in [3.63, 3.8) is 0 Å². The number of rotatable bonds is 2. The van der Waals surface area contributed by atoms with Crippen molar-refractivity contribution in [1.29, 1.82) is 0 Å². The van der Waals surface area contributed by atoms with E-state index in [1.165, 1.54) is 0 Å². The van der Waals surface area contributed by atoms with Crippen molar-refractivity contribution < 1.29 is 28.6 Å². The first-order chi connectivity index (χ1) is 5.59. The van der Waals surface area contributed by atoms with Crippen LogP contribution in [0.1, 0.15) is 16.7 Å². The fourth-order valence-corrected chi connectivity index (χ4v) is 1.37. The minimum atomic E-state index is -2.01. The zero-order valence-electron chi connectivity index (χ0n) is 7.44. The second-order valence-corrected chi connectivity index (χ2v) is 3.64. The molecule has 73 valence electrons. The number of hydrogen-bond acceptors (Lipinski definition) is 2. The fourth-order valence-electron chi connectivity index (χ4n) is 0.943. The monoisotopic (exact) mass is 374 g/mol. The SMILES string of the molecule is Cc1[c-]c(CS(=O)[O-])ccc1C.[Os+]. The summed E-state index contributed by atoms with van der Waals surface area (Å²) >= 11 is -2.01. The molecule has 1 unspecified atom stereocenters. The fraction of sp³-hybridized carbons (Fsp3) is 0.333. The Morgan fingerprint density at radius 2 is 2.08 bits per heavy atom. The molecule has 0 saturated carbocycles. The van der Waals surface area contributed by atoms with Gasteiger partial charge in [-0.1, -0.05) is 24.9 Å². The summed E-state index contributed by atoms with van der Waals surface area (Å²) in [6, 6.07) is 6.71. The van der Waals surface area contributed by atoms with E-state index in [9.17, 15) is 8.76 Å². The summed E-state index contributed by atoms with van der Waals surface area (Å²) in [7, 11) is 0. The molecule has 0 spiro atoms. The molecule has 1 rings (SSSR count). The largest absolute Gasteiger partial charge is 1.00 e. The molecule has 2 nitrogen and oxygen atoms in total. The van der Waals surface area contributed by atoms with E-state index < -0.39 is 11.1 Å². The molecular weight excluding hydrogens is 362 g/mol. The molecule has 13 heavy (non-hydrogen) atoms. The predicted octanol–water partition coefficient (Wildman–Crippen LogP) is 1.48. The van der Waals surface area contributed by atoms with Gasteiger partial charge in [-0.15, -0.1) is 0 Å². The van der Waals surface area contributed by atoms with Crippen LogP contribution in [0.25, 0.3) is 0 Å². The summed E-state index contributed by atoms with van der Waals surface area (Å²) in [5.74, 6) is 0.0567. The maximum atomic E-state index is 10.3. The summed E-state index contributed by atoms with van der Waals surface area (Å²) in [5, 5.41) is 0. The van der Waals surface area contributed by atoms with Crippen LogP contribution >= 0.6 is 0 Å². The van der Waals surface area contributed by atoms with Crippen LogP contribution in [0.5, 0.6) is 0 Å². The molecule has 1 aromatic carbocycles. The van der Waals surface area contributed by atoms with Gasteiger partial charge in [0.2, 0.25) is 0 Å². The normalized spacial score (nSPS) is 11.9. The average Bonchev–Trinajstić information content (AvgIpc) is 1.96. The van der Waals surface area contributed by atoms with E-state index in [1.54, 1.807) is 6.07 Å². The summed E-state index contributed by atoms with van der Waals surface area (Å²) in [5.41, 5.74) is 2.87. The Bertz CT molecular complexity index is 312. The first-order valence-corrected chi connectivity index (χ1v) is 4.88. The van der Waals surface area contributed by atoms with Crippen molar-refractivity contribution in [2.45, 2.75) is 19.6 Å². The first kappa shape index (κ1) is 13.0. The summed E-state index contributed by atoms with van der Waals surface area (Å²) in [6.45, 7) is 3.90. The topological polar surface area (TPSA) is 40.1 Å². The molecule has 0 N–H and O–H groups in total. The minimum absolute atomic E-state index is 0. The second kappa shape index (κ2) is 5.65. The van der Waals surface area contributed by atoms with Gasteiger partial charge in [0.15, 0.2) is 0 Å². The van der Waals surface area contributed by atoms with Crippen LogP contribution in [0.3, 0.4) is 0 Å². The smallest absolute Gasteiger partial charge is 0.772 e. The van der Waals surface area contributed by atoms with Crippen molar-refractivity contribution in [1.82, 2.24) is 0 Å². The van der Waals surface area contributed by atoms with Crippen molar-refractivity contribution in [2.75, 3.05) is 0 Å². The minimum Gasteiger partial charge on any atom is -0.772 e. The van der Waals surface area contributed by atoms with Crippen molar-refractivity contribution in [3.8, 4) is 0 Å². The Labute approximate surface area is 94.1 Å².